The van der Waals surface area contributed by atoms with E-state index in [-0.39, 0.29) is 18.2 Å². The molecule has 0 aliphatic carbocycles. The first-order valence-electron chi connectivity index (χ1n) is 7.58. The van der Waals surface area contributed by atoms with E-state index in [1.165, 1.54) is 6.92 Å². The molecule has 0 spiro atoms. The number of nitrogens with one attached hydrogen (secondary N) is 1. The van der Waals surface area contributed by atoms with Gasteiger partial charge in [0.1, 0.15) is 17.2 Å². The third-order valence-corrected chi connectivity index (χ3v) is 2.98. The molecule has 2 rings (SSSR count). The molecule has 0 aliphatic heterocycles. The normalized spacial score (nSPS) is 10.8. The number of amides is 1. The van der Waals surface area contributed by atoms with E-state index in [0.717, 1.165) is 11.3 Å². The van der Waals surface area contributed by atoms with E-state index in [4.69, 9.17) is 9.47 Å². The van der Waals surface area contributed by atoms with Crippen LogP contribution in [0.2, 0.25) is 0 Å². The maximum Gasteiger partial charge on any atom is 0.354 e. The van der Waals surface area contributed by atoms with Gasteiger partial charge in [0.05, 0.1) is 6.61 Å². The lowest BCUT2D eigenvalue weighted by Crippen LogP contribution is -2.26. The number of benzene rings is 2. The van der Waals surface area contributed by atoms with Gasteiger partial charge in [-0.15, -0.1) is 0 Å². The molecule has 2 aromatic rings. The summed E-state index contributed by atoms with van der Waals surface area (Å²) in [6, 6.07) is 16.6. The Morgan fingerprint density at radius 2 is 1.62 bits per heavy atom. The van der Waals surface area contributed by atoms with Gasteiger partial charge in [0, 0.05) is 6.92 Å². The SMILES string of the molecule is CCOC(=O)/C(=C/c1ccc(Oc2ccccc2)cc1)NC(C)=O. The summed E-state index contributed by atoms with van der Waals surface area (Å²) in [6.45, 7) is 3.28. The molecule has 0 unspecified atom stereocenters. The van der Waals surface area contributed by atoms with E-state index in [9.17, 15) is 9.59 Å². The Morgan fingerprint density at radius 1 is 1.00 bits per heavy atom. The predicted octanol–water partition coefficient (Wildman–Crippen LogP) is 3.52. The molecule has 0 saturated carbocycles. The van der Waals surface area contributed by atoms with Crippen molar-refractivity contribution in [1.82, 2.24) is 5.32 Å². The fourth-order valence-electron chi connectivity index (χ4n) is 1.97. The molecule has 0 bridgehead atoms. The zero-order valence-electron chi connectivity index (χ0n) is 13.6. The summed E-state index contributed by atoms with van der Waals surface area (Å²) in [7, 11) is 0. The fraction of sp³-hybridized carbons (Fsp3) is 0.158. The second kappa shape index (κ2) is 8.53. The molecular formula is C19H19NO4. The number of hydrogen-bond acceptors (Lipinski definition) is 4. The van der Waals surface area contributed by atoms with Gasteiger partial charge in [-0.25, -0.2) is 4.79 Å². The molecule has 0 fully saturated rings. The number of rotatable bonds is 6. The highest BCUT2D eigenvalue weighted by molar-refractivity contribution is 5.97. The fourth-order valence-corrected chi connectivity index (χ4v) is 1.97. The topological polar surface area (TPSA) is 64.6 Å². The van der Waals surface area contributed by atoms with Gasteiger partial charge in [-0.1, -0.05) is 30.3 Å². The largest absolute Gasteiger partial charge is 0.461 e. The lowest BCUT2D eigenvalue weighted by molar-refractivity contribution is -0.139. The van der Waals surface area contributed by atoms with Crippen molar-refractivity contribution in [2.75, 3.05) is 6.61 Å². The number of hydrogen-bond donors (Lipinski definition) is 1. The van der Waals surface area contributed by atoms with Crippen LogP contribution >= 0.6 is 0 Å². The first-order valence-corrected chi connectivity index (χ1v) is 7.58. The van der Waals surface area contributed by atoms with Gasteiger partial charge >= 0.3 is 5.97 Å². The molecule has 1 N–H and O–H groups in total. The Labute approximate surface area is 140 Å². The van der Waals surface area contributed by atoms with Gasteiger partial charge in [0.25, 0.3) is 0 Å². The van der Waals surface area contributed by atoms with Crippen LogP contribution in [0.4, 0.5) is 0 Å². The van der Waals surface area contributed by atoms with Crippen molar-refractivity contribution in [3.8, 4) is 11.5 Å². The summed E-state index contributed by atoms with van der Waals surface area (Å²) in [5.74, 6) is 0.512. The smallest absolute Gasteiger partial charge is 0.354 e. The number of esters is 1. The lowest BCUT2D eigenvalue weighted by Gasteiger charge is -2.08. The summed E-state index contributed by atoms with van der Waals surface area (Å²) < 4.78 is 10.6. The molecule has 24 heavy (non-hydrogen) atoms. The highest BCUT2D eigenvalue weighted by atomic mass is 16.5. The van der Waals surface area contributed by atoms with Crippen molar-refractivity contribution in [1.29, 1.82) is 0 Å². The summed E-state index contributed by atoms with van der Waals surface area (Å²) in [5, 5.41) is 2.48. The lowest BCUT2D eigenvalue weighted by atomic mass is 10.2. The molecule has 1 amide bonds. The van der Waals surface area contributed by atoms with Crippen LogP contribution in [0.3, 0.4) is 0 Å². The van der Waals surface area contributed by atoms with E-state index in [2.05, 4.69) is 5.32 Å². The maximum absolute atomic E-state index is 11.9. The van der Waals surface area contributed by atoms with Crippen LogP contribution in [-0.2, 0) is 14.3 Å². The molecule has 0 atom stereocenters. The monoisotopic (exact) mass is 325 g/mol. The summed E-state index contributed by atoms with van der Waals surface area (Å²) in [6.07, 6.45) is 1.56. The van der Waals surface area contributed by atoms with Gasteiger partial charge in [0.15, 0.2) is 0 Å². The Kier molecular flexibility index (Phi) is 6.14. The van der Waals surface area contributed by atoms with E-state index in [0.29, 0.717) is 5.75 Å². The molecule has 5 nitrogen and oxygen atoms in total. The Balaban J connectivity index is 2.15. The van der Waals surface area contributed by atoms with Gasteiger partial charge in [0.2, 0.25) is 5.91 Å². The van der Waals surface area contributed by atoms with Crippen LogP contribution < -0.4 is 10.1 Å². The predicted molar refractivity (Wildman–Crippen MR) is 91.4 cm³/mol. The van der Waals surface area contributed by atoms with Gasteiger partial charge in [-0.3, -0.25) is 4.79 Å². The van der Waals surface area contributed by atoms with Crippen LogP contribution in [0.1, 0.15) is 19.4 Å². The third-order valence-electron chi connectivity index (χ3n) is 2.98. The zero-order valence-corrected chi connectivity index (χ0v) is 13.6. The maximum atomic E-state index is 11.9. The van der Waals surface area contributed by atoms with Gasteiger partial charge in [-0.05, 0) is 42.8 Å². The van der Waals surface area contributed by atoms with Crippen molar-refractivity contribution in [2.45, 2.75) is 13.8 Å². The van der Waals surface area contributed by atoms with Crippen LogP contribution in [-0.4, -0.2) is 18.5 Å². The first kappa shape index (κ1) is 17.3. The van der Waals surface area contributed by atoms with E-state index in [1.54, 1.807) is 37.3 Å². The van der Waals surface area contributed by atoms with E-state index >= 15 is 0 Å². The van der Waals surface area contributed by atoms with Crippen LogP contribution in [0.5, 0.6) is 11.5 Å². The number of ether oxygens (including phenoxy) is 2. The molecule has 0 saturated heterocycles. The second-order valence-corrected chi connectivity index (χ2v) is 4.94. The molecule has 0 radical (unpaired) electrons. The van der Waals surface area contributed by atoms with Gasteiger partial charge < -0.3 is 14.8 Å². The van der Waals surface area contributed by atoms with Crippen molar-refractivity contribution >= 4 is 18.0 Å². The molecule has 124 valence electrons. The number of carbonyl (C=O) groups excluding carboxylic acids is 2. The highest BCUT2D eigenvalue weighted by Gasteiger charge is 2.12. The Morgan fingerprint density at radius 3 is 2.21 bits per heavy atom. The molecule has 5 heteroatoms. The van der Waals surface area contributed by atoms with Crippen molar-refractivity contribution in [2.24, 2.45) is 0 Å². The second-order valence-electron chi connectivity index (χ2n) is 4.94. The van der Waals surface area contributed by atoms with Crippen LogP contribution in [0.25, 0.3) is 6.08 Å². The third kappa shape index (κ3) is 5.28. The number of carbonyl (C=O) groups is 2. The minimum atomic E-state index is -0.572. The van der Waals surface area contributed by atoms with Crippen molar-refractivity contribution in [3.05, 3.63) is 65.9 Å². The summed E-state index contributed by atoms with van der Waals surface area (Å²) in [5.41, 5.74) is 0.841. The first-order chi connectivity index (χ1) is 11.6. The van der Waals surface area contributed by atoms with Crippen LogP contribution in [0, 0.1) is 0 Å². The van der Waals surface area contributed by atoms with Crippen molar-refractivity contribution in [3.63, 3.8) is 0 Å². The molecule has 0 aliphatic rings. The zero-order chi connectivity index (χ0) is 17.4. The minimum Gasteiger partial charge on any atom is -0.461 e. The van der Waals surface area contributed by atoms with Gasteiger partial charge in [-0.2, -0.15) is 0 Å². The average Bonchev–Trinajstić information content (AvgIpc) is 2.57. The summed E-state index contributed by atoms with van der Waals surface area (Å²) >= 11 is 0. The molecule has 0 aromatic heterocycles. The molecule has 2 aromatic carbocycles. The number of para-hydroxylation sites is 1. The Hall–Kier alpha value is -3.08. The van der Waals surface area contributed by atoms with Crippen molar-refractivity contribution < 1.29 is 19.1 Å². The standard InChI is InChI=1S/C19H19NO4/c1-3-23-19(22)18(20-14(2)21)13-15-9-11-17(12-10-15)24-16-7-5-4-6-8-16/h4-13H,3H2,1-2H3,(H,20,21)/b18-13-. The van der Waals surface area contributed by atoms with Crippen LogP contribution in [0.15, 0.2) is 60.3 Å². The minimum absolute atomic E-state index is 0.0982. The van der Waals surface area contributed by atoms with E-state index < -0.39 is 5.97 Å². The highest BCUT2D eigenvalue weighted by Crippen LogP contribution is 2.21. The average molecular weight is 325 g/mol. The molecular weight excluding hydrogens is 306 g/mol. The molecule has 0 heterocycles. The quantitative estimate of drug-likeness (QED) is 0.652. The van der Waals surface area contributed by atoms with E-state index in [1.807, 2.05) is 30.3 Å². The Bertz CT molecular complexity index is 721. The summed E-state index contributed by atoms with van der Waals surface area (Å²) in [4.78, 5) is 23.1.